The highest BCUT2D eigenvalue weighted by atomic mass is 31.2. The van der Waals surface area contributed by atoms with E-state index in [-0.39, 0.29) is 32.0 Å². The quantitative estimate of drug-likeness (QED) is 0.0211. The van der Waals surface area contributed by atoms with Crippen LogP contribution in [0.5, 0.6) is 0 Å². The number of quaternary nitrogens is 1. The molecule has 0 saturated heterocycles. The summed E-state index contributed by atoms with van der Waals surface area (Å²) in [6.45, 7) is 4.34. The van der Waals surface area contributed by atoms with Crippen LogP contribution in [-0.4, -0.2) is 74.9 Å². The first-order chi connectivity index (χ1) is 34.5. The molecule has 0 radical (unpaired) electrons. The minimum atomic E-state index is -4.39. The van der Waals surface area contributed by atoms with Crippen molar-refractivity contribution in [3.63, 3.8) is 0 Å². The van der Waals surface area contributed by atoms with E-state index >= 15 is 0 Å². The lowest BCUT2D eigenvalue weighted by Gasteiger charge is -2.24. The molecule has 0 spiro atoms. The molecule has 0 aliphatic rings. The summed E-state index contributed by atoms with van der Waals surface area (Å²) in [5.41, 5.74) is 0. The van der Waals surface area contributed by atoms with Gasteiger partial charge < -0.3 is 18.9 Å². The summed E-state index contributed by atoms with van der Waals surface area (Å²) in [6, 6.07) is 0. The lowest BCUT2D eigenvalue weighted by Crippen LogP contribution is -2.37. The highest BCUT2D eigenvalue weighted by molar-refractivity contribution is 7.47. The molecule has 0 saturated carbocycles. The van der Waals surface area contributed by atoms with Crippen LogP contribution in [-0.2, 0) is 32.7 Å². The second kappa shape index (κ2) is 52.6. The number of hydrogen-bond donors (Lipinski definition) is 1. The van der Waals surface area contributed by atoms with Gasteiger partial charge in [-0.05, 0) is 77.0 Å². The third-order valence-electron chi connectivity index (χ3n) is 12.8. The van der Waals surface area contributed by atoms with Crippen LogP contribution in [0.1, 0.15) is 264 Å². The van der Waals surface area contributed by atoms with E-state index < -0.39 is 26.5 Å². The zero-order valence-corrected chi connectivity index (χ0v) is 47.9. The molecule has 0 heterocycles. The fourth-order valence-corrected chi connectivity index (χ4v) is 8.98. The van der Waals surface area contributed by atoms with Crippen LogP contribution in [0.3, 0.4) is 0 Å². The first kappa shape index (κ1) is 68.7. The first-order valence-electron chi connectivity index (χ1n) is 29.5. The Morgan fingerprint density at radius 1 is 0.451 bits per heavy atom. The molecular formula is C61H113NO8P+. The standard InChI is InChI=1S/C61H112NO8P/c1-6-8-10-12-14-16-18-20-22-24-26-27-28-29-30-31-32-33-34-35-36-38-40-42-44-46-48-50-52-54-61(64)70-59(58-69-71(65,66)68-56-55-62(3,4)5)57-67-60(63)53-51-49-47-45-43-41-39-37-25-23-21-19-17-15-13-11-9-7-2/h8,10,14,16,20,22-23,25-27,59H,6-7,9,11-13,15,17-19,21,24,28-58H2,1-5H3/p+1/b10-8-,16-14-,22-20-,25-23-,27-26-. The van der Waals surface area contributed by atoms with Crippen molar-refractivity contribution < 1.29 is 42.1 Å². The average Bonchev–Trinajstić information content (AvgIpc) is 3.33. The van der Waals surface area contributed by atoms with E-state index in [0.717, 1.165) is 57.8 Å². The second-order valence-corrected chi connectivity index (χ2v) is 22.5. The third-order valence-corrected chi connectivity index (χ3v) is 13.8. The Bertz CT molecular complexity index is 1380. The van der Waals surface area contributed by atoms with Gasteiger partial charge in [-0.3, -0.25) is 18.6 Å². The number of rotatable bonds is 54. The number of carbonyl (C=O) groups is 2. The maximum atomic E-state index is 12.8. The van der Waals surface area contributed by atoms with E-state index in [1.54, 1.807) is 0 Å². The number of likely N-dealkylation sites (N-methyl/N-ethyl adjacent to an activating group) is 1. The fraction of sp³-hybridized carbons (Fsp3) is 0.803. The van der Waals surface area contributed by atoms with Gasteiger partial charge in [0.25, 0.3) is 0 Å². The molecule has 2 unspecified atom stereocenters. The Labute approximate surface area is 438 Å². The van der Waals surface area contributed by atoms with Crippen molar-refractivity contribution in [3.8, 4) is 0 Å². The predicted octanol–water partition coefficient (Wildman–Crippen LogP) is 18.3. The summed E-state index contributed by atoms with van der Waals surface area (Å²) >= 11 is 0. The zero-order valence-electron chi connectivity index (χ0n) is 47.0. The molecule has 0 aromatic carbocycles. The molecule has 71 heavy (non-hydrogen) atoms. The van der Waals surface area contributed by atoms with Crippen LogP contribution in [0.4, 0.5) is 0 Å². The molecule has 0 amide bonds. The maximum absolute atomic E-state index is 12.8. The Kier molecular flexibility index (Phi) is 50.9. The molecule has 0 aliphatic carbocycles. The van der Waals surface area contributed by atoms with Gasteiger partial charge in [0.2, 0.25) is 0 Å². The predicted molar refractivity (Wildman–Crippen MR) is 303 cm³/mol. The molecule has 0 aromatic heterocycles. The van der Waals surface area contributed by atoms with Gasteiger partial charge >= 0.3 is 19.8 Å². The van der Waals surface area contributed by atoms with Gasteiger partial charge in [-0.1, -0.05) is 235 Å². The maximum Gasteiger partial charge on any atom is 0.472 e. The van der Waals surface area contributed by atoms with Gasteiger partial charge in [0, 0.05) is 12.8 Å². The van der Waals surface area contributed by atoms with E-state index in [0.29, 0.717) is 17.4 Å². The van der Waals surface area contributed by atoms with Crippen molar-refractivity contribution in [1.82, 2.24) is 0 Å². The van der Waals surface area contributed by atoms with Gasteiger partial charge in [0.15, 0.2) is 6.10 Å². The van der Waals surface area contributed by atoms with E-state index in [4.69, 9.17) is 18.5 Å². The van der Waals surface area contributed by atoms with Crippen molar-refractivity contribution in [2.45, 2.75) is 270 Å². The van der Waals surface area contributed by atoms with Gasteiger partial charge in [-0.2, -0.15) is 0 Å². The summed E-state index contributed by atoms with van der Waals surface area (Å²) < 4.78 is 34.6. The number of unbranched alkanes of at least 4 members (excludes halogenated alkanes) is 30. The molecule has 0 aliphatic heterocycles. The SMILES string of the molecule is CC/C=C\C/C=C\C/C=C\C/C=C\CCCCCCCCCCCCCCCCCCC(=O)OC(COC(=O)CCCCCCCCC/C=C\CCCCCCCCC)COP(=O)(O)OCC[N+](C)(C)C. The zero-order chi connectivity index (χ0) is 52.0. The lowest BCUT2D eigenvalue weighted by molar-refractivity contribution is -0.870. The number of carbonyl (C=O) groups excluding carboxylic acids is 2. The van der Waals surface area contributed by atoms with Crippen molar-refractivity contribution in [3.05, 3.63) is 60.8 Å². The lowest BCUT2D eigenvalue weighted by atomic mass is 10.0. The molecule has 0 bridgehead atoms. The minimum absolute atomic E-state index is 0.0308. The molecule has 0 rings (SSSR count). The molecular weight excluding hydrogens is 906 g/mol. The highest BCUT2D eigenvalue weighted by Gasteiger charge is 2.27. The number of esters is 2. The van der Waals surface area contributed by atoms with Crippen molar-refractivity contribution in [1.29, 1.82) is 0 Å². The van der Waals surface area contributed by atoms with Crippen molar-refractivity contribution >= 4 is 19.8 Å². The second-order valence-electron chi connectivity index (χ2n) is 21.0. The van der Waals surface area contributed by atoms with Crippen LogP contribution < -0.4 is 0 Å². The molecule has 2 atom stereocenters. The largest absolute Gasteiger partial charge is 0.472 e. The molecule has 1 N–H and O–H groups in total. The summed E-state index contributed by atoms with van der Waals surface area (Å²) in [7, 11) is 1.48. The Hall–Kier alpha value is -2.29. The number of ether oxygens (including phenoxy) is 2. The number of phosphoric acid groups is 1. The first-order valence-corrected chi connectivity index (χ1v) is 31.0. The monoisotopic (exact) mass is 1020 g/mol. The van der Waals surface area contributed by atoms with Crippen LogP contribution in [0.25, 0.3) is 0 Å². The van der Waals surface area contributed by atoms with Crippen LogP contribution in [0.2, 0.25) is 0 Å². The normalized spacial score (nSPS) is 13.7. The van der Waals surface area contributed by atoms with Crippen LogP contribution in [0, 0.1) is 0 Å². The molecule has 0 fully saturated rings. The number of nitrogens with zero attached hydrogens (tertiary/aromatic N) is 1. The molecule has 9 nitrogen and oxygen atoms in total. The highest BCUT2D eigenvalue weighted by Crippen LogP contribution is 2.43. The van der Waals surface area contributed by atoms with E-state index in [1.165, 1.54) is 173 Å². The number of allylic oxidation sites excluding steroid dienone is 10. The molecule has 10 heteroatoms. The summed E-state index contributed by atoms with van der Waals surface area (Å²) in [6.07, 6.45) is 67.2. The summed E-state index contributed by atoms with van der Waals surface area (Å²) in [4.78, 5) is 35.7. The van der Waals surface area contributed by atoms with Crippen LogP contribution >= 0.6 is 7.82 Å². The topological polar surface area (TPSA) is 108 Å². The van der Waals surface area contributed by atoms with Gasteiger partial charge in [0.1, 0.15) is 19.8 Å². The Balaban J connectivity index is 4.11. The average molecular weight is 1020 g/mol. The van der Waals surface area contributed by atoms with Crippen LogP contribution in [0.15, 0.2) is 60.8 Å². The molecule has 0 aromatic rings. The van der Waals surface area contributed by atoms with Gasteiger partial charge in [-0.25, -0.2) is 4.57 Å². The minimum Gasteiger partial charge on any atom is -0.462 e. The Morgan fingerprint density at radius 2 is 0.803 bits per heavy atom. The van der Waals surface area contributed by atoms with Crippen molar-refractivity contribution in [2.24, 2.45) is 0 Å². The fourth-order valence-electron chi connectivity index (χ4n) is 8.24. The molecule has 414 valence electrons. The summed E-state index contributed by atoms with van der Waals surface area (Å²) in [5, 5.41) is 0. The summed E-state index contributed by atoms with van der Waals surface area (Å²) in [5.74, 6) is -0.794. The van der Waals surface area contributed by atoms with Gasteiger partial charge in [-0.15, -0.1) is 0 Å². The van der Waals surface area contributed by atoms with Gasteiger partial charge in [0.05, 0.1) is 27.7 Å². The van der Waals surface area contributed by atoms with E-state index in [1.807, 2.05) is 21.1 Å². The number of phosphoric ester groups is 1. The Morgan fingerprint density at radius 3 is 1.21 bits per heavy atom. The number of hydrogen-bond acceptors (Lipinski definition) is 7. The van der Waals surface area contributed by atoms with E-state index in [2.05, 4.69) is 74.6 Å². The smallest absolute Gasteiger partial charge is 0.462 e. The third kappa shape index (κ3) is 56.9. The van der Waals surface area contributed by atoms with Crippen molar-refractivity contribution in [2.75, 3.05) is 47.5 Å². The van der Waals surface area contributed by atoms with E-state index in [9.17, 15) is 19.0 Å².